The van der Waals surface area contributed by atoms with Crippen LogP contribution in [0.15, 0.2) is 17.2 Å². The highest BCUT2D eigenvalue weighted by Crippen LogP contribution is 2.18. The zero-order valence-corrected chi connectivity index (χ0v) is 10.8. The Balaban J connectivity index is 2.50. The fraction of sp³-hybridized carbons (Fsp3) is 0.583. The smallest absolute Gasteiger partial charge is 0.0966 e. The van der Waals surface area contributed by atoms with Crippen LogP contribution < -0.4 is 5.32 Å². The van der Waals surface area contributed by atoms with Crippen molar-refractivity contribution in [2.75, 3.05) is 12.3 Å². The molecule has 0 aliphatic rings. The van der Waals surface area contributed by atoms with Crippen LogP contribution in [0.3, 0.4) is 0 Å². The zero-order chi connectivity index (χ0) is 11.3. The third kappa shape index (κ3) is 4.67. The van der Waals surface area contributed by atoms with Gasteiger partial charge in [-0.2, -0.15) is 0 Å². The van der Waals surface area contributed by atoms with Gasteiger partial charge in [0.15, 0.2) is 0 Å². The molecule has 84 valence electrons. The van der Waals surface area contributed by atoms with Gasteiger partial charge in [-0.05, 0) is 45.0 Å². The van der Waals surface area contributed by atoms with E-state index in [4.69, 9.17) is 0 Å². The summed E-state index contributed by atoms with van der Waals surface area (Å²) in [6.45, 7) is 9.54. The molecule has 0 radical (unpaired) electrons. The van der Waals surface area contributed by atoms with Crippen LogP contribution in [0.25, 0.3) is 0 Å². The summed E-state index contributed by atoms with van der Waals surface area (Å²) < 4.78 is 0. The van der Waals surface area contributed by atoms with Gasteiger partial charge in [-0.1, -0.05) is 6.92 Å². The lowest BCUT2D eigenvalue weighted by Crippen LogP contribution is -2.27. The fourth-order valence-electron chi connectivity index (χ4n) is 1.50. The third-order valence-electron chi connectivity index (χ3n) is 2.11. The molecule has 1 unspecified atom stereocenters. The van der Waals surface area contributed by atoms with Crippen molar-refractivity contribution in [2.24, 2.45) is 0 Å². The Kier molecular flexibility index (Phi) is 5.12. The minimum Gasteiger partial charge on any atom is -0.314 e. The fourth-order valence-corrected chi connectivity index (χ4v) is 2.51. The molecule has 1 N–H and O–H groups in total. The van der Waals surface area contributed by atoms with Gasteiger partial charge in [0.05, 0.1) is 5.03 Å². The van der Waals surface area contributed by atoms with Gasteiger partial charge in [-0.25, -0.2) is 4.98 Å². The molecule has 0 saturated carbocycles. The Morgan fingerprint density at radius 3 is 2.73 bits per heavy atom. The molecule has 0 saturated heterocycles. The van der Waals surface area contributed by atoms with Crippen LogP contribution in [-0.4, -0.2) is 23.3 Å². The van der Waals surface area contributed by atoms with Crippen LogP contribution in [0.1, 0.15) is 25.1 Å². The second kappa shape index (κ2) is 6.13. The first-order valence-corrected chi connectivity index (χ1v) is 6.42. The number of thioether (sulfide) groups is 1. The number of nitrogens with one attached hydrogen (secondary N) is 1. The zero-order valence-electron chi connectivity index (χ0n) is 10.0. The summed E-state index contributed by atoms with van der Waals surface area (Å²) in [5.74, 6) is 1.07. The van der Waals surface area contributed by atoms with Gasteiger partial charge in [0, 0.05) is 17.5 Å². The van der Waals surface area contributed by atoms with Gasteiger partial charge < -0.3 is 5.32 Å². The van der Waals surface area contributed by atoms with Gasteiger partial charge in [0.25, 0.3) is 0 Å². The molecule has 1 atom stereocenters. The summed E-state index contributed by atoms with van der Waals surface area (Å²) in [6.07, 6.45) is 0. The molecule has 3 heteroatoms. The Hall–Kier alpha value is -0.540. The quantitative estimate of drug-likeness (QED) is 0.779. The molecule has 0 fully saturated rings. The summed E-state index contributed by atoms with van der Waals surface area (Å²) in [7, 11) is 0. The largest absolute Gasteiger partial charge is 0.314 e. The van der Waals surface area contributed by atoms with Crippen molar-refractivity contribution in [3.8, 4) is 0 Å². The van der Waals surface area contributed by atoms with Gasteiger partial charge in [0.2, 0.25) is 0 Å². The molecule has 1 heterocycles. The van der Waals surface area contributed by atoms with Gasteiger partial charge in [0.1, 0.15) is 0 Å². The highest BCUT2D eigenvalue weighted by atomic mass is 32.2. The SMILES string of the molecule is CCNC(C)CSc1cc(C)cc(C)n1. The lowest BCUT2D eigenvalue weighted by atomic mass is 10.3. The van der Waals surface area contributed by atoms with E-state index in [9.17, 15) is 0 Å². The molecule has 1 aromatic heterocycles. The van der Waals surface area contributed by atoms with E-state index in [0.717, 1.165) is 23.0 Å². The number of rotatable bonds is 5. The molecule has 1 aromatic rings. The molecule has 15 heavy (non-hydrogen) atoms. The second-order valence-corrected chi connectivity index (χ2v) is 4.93. The molecule has 0 aromatic carbocycles. The third-order valence-corrected chi connectivity index (χ3v) is 3.28. The van der Waals surface area contributed by atoms with E-state index >= 15 is 0 Å². The maximum atomic E-state index is 4.50. The van der Waals surface area contributed by atoms with Crippen molar-refractivity contribution in [2.45, 2.75) is 38.8 Å². The molecular formula is C12H20N2S. The number of hydrogen-bond donors (Lipinski definition) is 1. The number of nitrogens with zero attached hydrogens (tertiary/aromatic N) is 1. The van der Waals surface area contributed by atoms with E-state index in [1.165, 1.54) is 5.56 Å². The van der Waals surface area contributed by atoms with Gasteiger partial charge >= 0.3 is 0 Å². The second-order valence-electron chi connectivity index (χ2n) is 3.89. The molecule has 0 aliphatic carbocycles. The normalized spacial score (nSPS) is 12.8. The van der Waals surface area contributed by atoms with Gasteiger partial charge in [-0.15, -0.1) is 11.8 Å². The van der Waals surface area contributed by atoms with Crippen molar-refractivity contribution < 1.29 is 0 Å². The van der Waals surface area contributed by atoms with Crippen LogP contribution in [-0.2, 0) is 0 Å². The molecule has 0 spiro atoms. The summed E-state index contributed by atoms with van der Waals surface area (Å²) in [4.78, 5) is 4.50. The molecule has 0 bridgehead atoms. The summed E-state index contributed by atoms with van der Waals surface area (Å²) >= 11 is 1.82. The lowest BCUT2D eigenvalue weighted by Gasteiger charge is -2.11. The monoisotopic (exact) mass is 224 g/mol. The van der Waals surface area contributed by atoms with Crippen molar-refractivity contribution >= 4 is 11.8 Å². The van der Waals surface area contributed by atoms with Crippen LogP contribution in [0.5, 0.6) is 0 Å². The number of pyridine rings is 1. The molecule has 2 nitrogen and oxygen atoms in total. The Labute approximate surface area is 96.9 Å². The number of aryl methyl sites for hydroxylation is 2. The first-order chi connectivity index (χ1) is 7.11. The van der Waals surface area contributed by atoms with Crippen molar-refractivity contribution in [3.05, 3.63) is 23.4 Å². The summed E-state index contributed by atoms with van der Waals surface area (Å²) in [5, 5.41) is 4.53. The average Bonchev–Trinajstić information content (AvgIpc) is 2.14. The van der Waals surface area contributed by atoms with Crippen LogP contribution in [0.2, 0.25) is 0 Å². The minimum absolute atomic E-state index is 0.544. The van der Waals surface area contributed by atoms with Crippen molar-refractivity contribution in [1.29, 1.82) is 0 Å². The maximum absolute atomic E-state index is 4.50. The van der Waals surface area contributed by atoms with Gasteiger partial charge in [-0.3, -0.25) is 0 Å². The minimum atomic E-state index is 0.544. The Morgan fingerprint density at radius 1 is 1.40 bits per heavy atom. The predicted octanol–water partition coefficient (Wildman–Crippen LogP) is 2.79. The average molecular weight is 224 g/mol. The topological polar surface area (TPSA) is 24.9 Å². The highest BCUT2D eigenvalue weighted by Gasteiger charge is 2.03. The molecule has 0 amide bonds. The van der Waals surface area contributed by atoms with E-state index in [0.29, 0.717) is 6.04 Å². The first-order valence-electron chi connectivity index (χ1n) is 5.43. The van der Waals surface area contributed by atoms with Crippen molar-refractivity contribution in [1.82, 2.24) is 10.3 Å². The van der Waals surface area contributed by atoms with Crippen LogP contribution in [0.4, 0.5) is 0 Å². The van der Waals surface area contributed by atoms with Crippen molar-refractivity contribution in [3.63, 3.8) is 0 Å². The van der Waals surface area contributed by atoms with E-state index in [2.05, 4.69) is 43.2 Å². The Bertz CT molecular complexity index is 292. The van der Waals surface area contributed by atoms with E-state index in [1.54, 1.807) is 0 Å². The van der Waals surface area contributed by atoms with E-state index in [-0.39, 0.29) is 0 Å². The van der Waals surface area contributed by atoms with E-state index < -0.39 is 0 Å². The Morgan fingerprint density at radius 2 is 2.13 bits per heavy atom. The van der Waals surface area contributed by atoms with E-state index in [1.807, 2.05) is 18.7 Å². The number of aromatic nitrogens is 1. The summed E-state index contributed by atoms with van der Waals surface area (Å²) in [6, 6.07) is 4.80. The maximum Gasteiger partial charge on any atom is 0.0966 e. The van der Waals surface area contributed by atoms with Crippen LogP contribution in [0, 0.1) is 13.8 Å². The first kappa shape index (κ1) is 12.5. The molecular weight excluding hydrogens is 204 g/mol. The standard InChI is InChI=1S/C12H20N2S/c1-5-13-11(4)8-15-12-7-9(2)6-10(3)14-12/h6-7,11,13H,5,8H2,1-4H3. The van der Waals surface area contributed by atoms with Crippen LogP contribution >= 0.6 is 11.8 Å². The number of hydrogen-bond acceptors (Lipinski definition) is 3. The molecule has 0 aliphatic heterocycles. The molecule has 1 rings (SSSR count). The highest BCUT2D eigenvalue weighted by molar-refractivity contribution is 7.99. The lowest BCUT2D eigenvalue weighted by molar-refractivity contribution is 0.620. The predicted molar refractivity (Wildman–Crippen MR) is 67.6 cm³/mol. The summed E-state index contributed by atoms with van der Waals surface area (Å²) in [5.41, 5.74) is 2.40.